The molecule has 0 bridgehead atoms. The molecule has 140 valence electrons. The van der Waals surface area contributed by atoms with Crippen LogP contribution in [0.1, 0.15) is 47.0 Å². The summed E-state index contributed by atoms with van der Waals surface area (Å²) >= 11 is 0. The smallest absolute Gasteiger partial charge is 0.335 e. The minimum absolute atomic E-state index is 0.306. The number of carboxylic acid groups (broad SMARTS) is 2. The highest BCUT2D eigenvalue weighted by atomic mass is 16.6. The summed E-state index contributed by atoms with van der Waals surface area (Å²) < 4.78 is 4.57. The maximum absolute atomic E-state index is 10.7. The van der Waals surface area contributed by atoms with Crippen molar-refractivity contribution >= 4 is 17.9 Å². The number of rotatable bonds is 6. The van der Waals surface area contributed by atoms with Crippen LogP contribution in [-0.2, 0) is 19.1 Å². The molecule has 0 spiro atoms. The summed E-state index contributed by atoms with van der Waals surface area (Å²) in [7, 11) is 0. The molecule has 7 nitrogen and oxygen atoms in total. The number of esters is 1. The van der Waals surface area contributed by atoms with Gasteiger partial charge in [0.2, 0.25) is 6.29 Å². The fourth-order valence-corrected chi connectivity index (χ4v) is 0.530. The highest BCUT2D eigenvalue weighted by Gasteiger charge is 2.09. The first-order chi connectivity index (χ1) is 11.0. The Morgan fingerprint density at radius 2 is 1.33 bits per heavy atom. The maximum Gasteiger partial charge on any atom is 0.335 e. The third-order valence-corrected chi connectivity index (χ3v) is 1.48. The Bertz CT molecular complexity index is 368. The lowest BCUT2D eigenvalue weighted by Gasteiger charge is -2.09. The largest absolute Gasteiger partial charge is 0.478 e. The van der Waals surface area contributed by atoms with Crippen LogP contribution in [0.2, 0.25) is 0 Å². The van der Waals surface area contributed by atoms with Gasteiger partial charge in [-0.15, -0.1) is 0 Å². The van der Waals surface area contributed by atoms with Crippen molar-refractivity contribution in [1.29, 1.82) is 0 Å². The van der Waals surface area contributed by atoms with Crippen LogP contribution in [0, 0.1) is 0 Å². The van der Waals surface area contributed by atoms with Crippen LogP contribution in [0.15, 0.2) is 37.5 Å². The number of aliphatic hydroxyl groups is 1. The van der Waals surface area contributed by atoms with Crippen molar-refractivity contribution in [3.63, 3.8) is 0 Å². The van der Waals surface area contributed by atoms with Gasteiger partial charge in [-0.3, -0.25) is 0 Å². The molecule has 0 fully saturated rings. The van der Waals surface area contributed by atoms with Gasteiger partial charge < -0.3 is 20.1 Å². The summed E-state index contributed by atoms with van der Waals surface area (Å²) in [6, 6.07) is 0. The van der Waals surface area contributed by atoms with Gasteiger partial charge in [0, 0.05) is 24.1 Å². The van der Waals surface area contributed by atoms with Crippen molar-refractivity contribution in [2.75, 3.05) is 0 Å². The van der Waals surface area contributed by atoms with Crippen molar-refractivity contribution in [2.45, 2.75) is 53.2 Å². The molecular weight excluding hydrogens is 316 g/mol. The lowest BCUT2D eigenvalue weighted by atomic mass is 10.3. The summed E-state index contributed by atoms with van der Waals surface area (Å²) in [6.45, 7) is 17.0. The van der Waals surface area contributed by atoms with E-state index in [0.717, 1.165) is 18.6 Å². The molecule has 0 saturated heterocycles. The minimum Gasteiger partial charge on any atom is -0.478 e. The Morgan fingerprint density at radius 1 is 1.04 bits per heavy atom. The second kappa shape index (κ2) is 22.9. The molecule has 0 aliphatic heterocycles. The lowest BCUT2D eigenvalue weighted by molar-refractivity contribution is -0.163. The zero-order valence-electron chi connectivity index (χ0n) is 14.9. The van der Waals surface area contributed by atoms with Gasteiger partial charge in [0.1, 0.15) is 0 Å². The van der Waals surface area contributed by atoms with Crippen molar-refractivity contribution in [1.82, 2.24) is 0 Å². The molecule has 0 aromatic rings. The summed E-state index contributed by atoms with van der Waals surface area (Å²) in [5.41, 5.74) is 0.306. The first-order valence-electron chi connectivity index (χ1n) is 7.28. The third-order valence-electron chi connectivity index (χ3n) is 1.48. The quantitative estimate of drug-likeness (QED) is 0.384. The SMILES string of the molecule is C=C(C)C(=O)OC(O)CCC.C=CC(=O)O.C=CC(=O)O.CCC. The van der Waals surface area contributed by atoms with Crippen LogP contribution >= 0.6 is 0 Å². The highest BCUT2D eigenvalue weighted by molar-refractivity contribution is 5.87. The summed E-state index contributed by atoms with van der Waals surface area (Å²) in [4.78, 5) is 29.2. The van der Waals surface area contributed by atoms with Crippen LogP contribution in [0.25, 0.3) is 0 Å². The Kier molecular flexibility index (Phi) is 28.2. The molecule has 0 saturated carbocycles. The molecule has 0 aliphatic carbocycles. The van der Waals surface area contributed by atoms with Gasteiger partial charge in [-0.25, -0.2) is 14.4 Å². The molecule has 1 atom stereocenters. The van der Waals surface area contributed by atoms with Gasteiger partial charge in [-0.1, -0.05) is 53.3 Å². The predicted octanol–water partition coefficient (Wildman–Crippen LogP) is 3.15. The normalized spacial score (nSPS) is 9.04. The zero-order chi connectivity index (χ0) is 20.1. The molecule has 0 amide bonds. The van der Waals surface area contributed by atoms with E-state index in [1.807, 2.05) is 6.92 Å². The van der Waals surface area contributed by atoms with E-state index in [9.17, 15) is 14.4 Å². The number of aliphatic hydroxyl groups excluding tert-OH is 1. The number of aliphatic carboxylic acids is 2. The Balaban J connectivity index is -0.000000129. The second-order valence-electron chi connectivity index (χ2n) is 4.22. The number of hydrogen-bond acceptors (Lipinski definition) is 5. The fourth-order valence-electron chi connectivity index (χ4n) is 0.530. The zero-order valence-corrected chi connectivity index (χ0v) is 14.9. The van der Waals surface area contributed by atoms with Crippen molar-refractivity contribution in [3.8, 4) is 0 Å². The molecule has 0 aromatic carbocycles. The summed E-state index contributed by atoms with van der Waals surface area (Å²) in [6.07, 6.45) is 3.19. The first kappa shape index (κ1) is 29.6. The first-order valence-corrected chi connectivity index (χ1v) is 7.28. The van der Waals surface area contributed by atoms with E-state index in [4.69, 9.17) is 15.3 Å². The molecular formula is C17H30O7. The molecule has 0 heterocycles. The van der Waals surface area contributed by atoms with Crippen LogP contribution in [0.5, 0.6) is 0 Å². The van der Waals surface area contributed by atoms with Crippen LogP contribution < -0.4 is 0 Å². The van der Waals surface area contributed by atoms with E-state index in [-0.39, 0.29) is 0 Å². The van der Waals surface area contributed by atoms with Gasteiger partial charge >= 0.3 is 17.9 Å². The fraction of sp³-hybridized carbons (Fsp3) is 0.471. The van der Waals surface area contributed by atoms with Gasteiger partial charge in [-0.2, -0.15) is 0 Å². The van der Waals surface area contributed by atoms with Gasteiger partial charge in [0.15, 0.2) is 0 Å². The van der Waals surface area contributed by atoms with E-state index in [1.54, 1.807) is 6.92 Å². The number of carbonyl (C=O) groups excluding carboxylic acids is 1. The van der Waals surface area contributed by atoms with E-state index in [2.05, 4.69) is 38.3 Å². The number of carboxylic acids is 2. The van der Waals surface area contributed by atoms with E-state index >= 15 is 0 Å². The Hall–Kier alpha value is -2.41. The van der Waals surface area contributed by atoms with Gasteiger partial charge in [0.25, 0.3) is 0 Å². The molecule has 0 rings (SSSR count). The standard InChI is InChI=1S/C8H14O3.2C3H4O2.C3H8/c1-4-5-7(9)11-8(10)6(2)3;2*1-2-3(4)5;1-3-2/h7,9H,2,4-5H2,1,3H3;2*2H,1H2,(H,4,5);3H2,1-2H3. The van der Waals surface area contributed by atoms with E-state index < -0.39 is 24.2 Å². The molecule has 0 aliphatic rings. The predicted molar refractivity (Wildman–Crippen MR) is 93.5 cm³/mol. The van der Waals surface area contributed by atoms with Gasteiger partial charge in [0.05, 0.1) is 0 Å². The van der Waals surface area contributed by atoms with Crippen molar-refractivity contribution < 1.29 is 34.4 Å². The second-order valence-corrected chi connectivity index (χ2v) is 4.22. The van der Waals surface area contributed by atoms with E-state index in [0.29, 0.717) is 12.0 Å². The summed E-state index contributed by atoms with van der Waals surface area (Å²) in [5, 5.41) is 24.2. The van der Waals surface area contributed by atoms with Crippen molar-refractivity contribution in [3.05, 3.63) is 37.5 Å². The highest BCUT2D eigenvalue weighted by Crippen LogP contribution is 2.01. The molecule has 0 aromatic heterocycles. The maximum atomic E-state index is 10.7. The average molecular weight is 346 g/mol. The minimum atomic E-state index is -0.982. The molecule has 7 heteroatoms. The number of hydrogen-bond donors (Lipinski definition) is 3. The topological polar surface area (TPSA) is 121 Å². The average Bonchev–Trinajstić information content (AvgIpc) is 2.49. The molecule has 0 radical (unpaired) electrons. The van der Waals surface area contributed by atoms with Crippen molar-refractivity contribution in [2.24, 2.45) is 0 Å². The number of carbonyl (C=O) groups is 3. The van der Waals surface area contributed by atoms with Crippen LogP contribution in [0.4, 0.5) is 0 Å². The molecule has 3 N–H and O–H groups in total. The Morgan fingerprint density at radius 3 is 1.50 bits per heavy atom. The monoisotopic (exact) mass is 346 g/mol. The van der Waals surface area contributed by atoms with Gasteiger partial charge in [-0.05, 0) is 6.92 Å². The molecule has 24 heavy (non-hydrogen) atoms. The van der Waals surface area contributed by atoms with Crippen LogP contribution in [-0.4, -0.2) is 39.5 Å². The molecule has 1 unspecified atom stereocenters. The third kappa shape index (κ3) is 42.7. The Labute approximate surface area is 144 Å². The van der Waals surface area contributed by atoms with E-state index in [1.165, 1.54) is 6.42 Å². The lowest BCUT2D eigenvalue weighted by Crippen LogP contribution is -2.17. The number of ether oxygens (including phenoxy) is 1. The van der Waals surface area contributed by atoms with Crippen LogP contribution in [0.3, 0.4) is 0 Å². The summed E-state index contributed by atoms with van der Waals surface area (Å²) in [5.74, 6) is -2.50.